The topological polar surface area (TPSA) is 100.0 Å². The molecule has 0 unspecified atom stereocenters. The molecule has 0 saturated heterocycles. The van der Waals surface area contributed by atoms with Crippen molar-refractivity contribution in [3.8, 4) is 17.4 Å². The second kappa shape index (κ2) is 5.09. The van der Waals surface area contributed by atoms with Crippen LogP contribution in [-0.2, 0) is 0 Å². The van der Waals surface area contributed by atoms with Gasteiger partial charge >= 0.3 is 0 Å². The van der Waals surface area contributed by atoms with E-state index in [-0.39, 0.29) is 12.0 Å². The van der Waals surface area contributed by atoms with Gasteiger partial charge < -0.3 is 15.0 Å². The van der Waals surface area contributed by atoms with Crippen molar-refractivity contribution in [1.29, 1.82) is 0 Å². The maximum absolute atomic E-state index is 5.92. The van der Waals surface area contributed by atoms with Gasteiger partial charge in [0.2, 0.25) is 17.6 Å². The zero-order chi connectivity index (χ0) is 13.1. The van der Waals surface area contributed by atoms with Gasteiger partial charge in [-0.15, -0.1) is 10.2 Å². The van der Waals surface area contributed by atoms with Crippen LogP contribution in [0.5, 0.6) is 5.88 Å². The summed E-state index contributed by atoms with van der Waals surface area (Å²) in [6, 6.07) is 3.11. The lowest BCUT2D eigenvalue weighted by atomic mass is 10.1. The summed E-state index contributed by atoms with van der Waals surface area (Å²) in [5.41, 5.74) is 6.44. The summed E-state index contributed by atoms with van der Waals surface area (Å²) in [7, 11) is 1.53. The van der Waals surface area contributed by atoms with Gasteiger partial charge in [-0.2, -0.15) is 4.98 Å². The van der Waals surface area contributed by atoms with Crippen molar-refractivity contribution in [3.05, 3.63) is 18.0 Å². The number of nitrogens with zero attached hydrogens (tertiary/aromatic N) is 4. The summed E-state index contributed by atoms with van der Waals surface area (Å²) < 4.78 is 10.0. The van der Waals surface area contributed by atoms with E-state index in [0.29, 0.717) is 23.3 Å². The summed E-state index contributed by atoms with van der Waals surface area (Å²) in [5.74, 6) is 1.43. The Morgan fingerprint density at radius 2 is 2.06 bits per heavy atom. The average molecular weight is 249 g/mol. The van der Waals surface area contributed by atoms with E-state index in [1.165, 1.54) is 7.11 Å². The van der Waals surface area contributed by atoms with Crippen LogP contribution in [0.3, 0.4) is 0 Å². The zero-order valence-corrected chi connectivity index (χ0v) is 10.5. The lowest BCUT2D eigenvalue weighted by Crippen LogP contribution is -2.16. The molecule has 0 aliphatic carbocycles. The number of ether oxygens (including phenoxy) is 1. The number of hydrogen-bond donors (Lipinski definition) is 1. The van der Waals surface area contributed by atoms with Gasteiger partial charge in [0.15, 0.2) is 0 Å². The minimum Gasteiger partial charge on any atom is -0.480 e. The first-order valence-corrected chi connectivity index (χ1v) is 5.59. The number of hydrogen-bond acceptors (Lipinski definition) is 7. The maximum atomic E-state index is 5.92. The van der Waals surface area contributed by atoms with Crippen molar-refractivity contribution < 1.29 is 9.26 Å². The third-order valence-corrected chi connectivity index (χ3v) is 2.52. The van der Waals surface area contributed by atoms with Crippen LogP contribution >= 0.6 is 0 Å². The zero-order valence-electron chi connectivity index (χ0n) is 10.5. The highest BCUT2D eigenvalue weighted by atomic mass is 16.5. The molecule has 2 heterocycles. The van der Waals surface area contributed by atoms with Crippen LogP contribution in [0.15, 0.2) is 16.7 Å². The molecular weight excluding hydrogens is 234 g/mol. The minimum absolute atomic E-state index is 0.222. The molecule has 0 aromatic carbocycles. The van der Waals surface area contributed by atoms with Gasteiger partial charge in [0, 0.05) is 6.07 Å². The molecule has 2 rings (SSSR count). The first-order chi connectivity index (χ1) is 8.61. The van der Waals surface area contributed by atoms with Gasteiger partial charge in [-0.1, -0.05) is 19.0 Å². The second-order valence-corrected chi connectivity index (χ2v) is 4.19. The van der Waals surface area contributed by atoms with Crippen LogP contribution in [0.2, 0.25) is 0 Å². The van der Waals surface area contributed by atoms with Crippen molar-refractivity contribution in [1.82, 2.24) is 20.3 Å². The summed E-state index contributed by atoms with van der Waals surface area (Å²) >= 11 is 0. The van der Waals surface area contributed by atoms with Crippen molar-refractivity contribution in [3.63, 3.8) is 0 Å². The van der Waals surface area contributed by atoms with Crippen LogP contribution in [0.4, 0.5) is 0 Å². The Morgan fingerprint density at radius 1 is 1.28 bits per heavy atom. The van der Waals surface area contributed by atoms with Crippen LogP contribution in [0.1, 0.15) is 25.8 Å². The van der Waals surface area contributed by atoms with Gasteiger partial charge in [0.1, 0.15) is 5.69 Å². The van der Waals surface area contributed by atoms with Gasteiger partial charge in [0.25, 0.3) is 0 Å². The molecule has 0 bridgehead atoms. The Hall–Kier alpha value is -2.02. The third-order valence-electron chi connectivity index (χ3n) is 2.52. The summed E-state index contributed by atoms with van der Waals surface area (Å²) in [5, 5.41) is 11.6. The molecule has 0 radical (unpaired) electrons. The average Bonchev–Trinajstić information content (AvgIpc) is 2.87. The highest BCUT2D eigenvalue weighted by molar-refractivity contribution is 5.47. The first kappa shape index (κ1) is 12.4. The van der Waals surface area contributed by atoms with Crippen LogP contribution in [0, 0.1) is 5.92 Å². The molecule has 7 nitrogen and oxygen atoms in total. The highest BCUT2D eigenvalue weighted by Crippen LogP contribution is 2.20. The standard InChI is InChI=1S/C11H15N5O2/c1-6(2)9(12)11-13-10(16-18-11)7-4-5-8(17-3)15-14-7/h4-6,9H,12H2,1-3H3/t9-/m0/s1. The van der Waals surface area contributed by atoms with E-state index in [1.807, 2.05) is 13.8 Å². The van der Waals surface area contributed by atoms with Crippen molar-refractivity contribution in [2.24, 2.45) is 11.7 Å². The quantitative estimate of drug-likeness (QED) is 0.868. The van der Waals surface area contributed by atoms with Crippen molar-refractivity contribution in [2.75, 3.05) is 7.11 Å². The van der Waals surface area contributed by atoms with Crippen LogP contribution in [0.25, 0.3) is 11.5 Å². The number of aromatic nitrogens is 4. The number of rotatable bonds is 4. The van der Waals surface area contributed by atoms with Gasteiger partial charge in [-0.3, -0.25) is 0 Å². The smallest absolute Gasteiger partial charge is 0.244 e. The highest BCUT2D eigenvalue weighted by Gasteiger charge is 2.19. The molecule has 2 N–H and O–H groups in total. The van der Waals surface area contributed by atoms with E-state index in [9.17, 15) is 0 Å². The Balaban J connectivity index is 2.23. The molecule has 7 heteroatoms. The fourth-order valence-electron chi connectivity index (χ4n) is 1.31. The van der Waals surface area contributed by atoms with E-state index in [2.05, 4.69) is 20.3 Å². The summed E-state index contributed by atoms with van der Waals surface area (Å²) in [4.78, 5) is 4.21. The van der Waals surface area contributed by atoms with Gasteiger partial charge in [-0.25, -0.2) is 0 Å². The van der Waals surface area contributed by atoms with E-state index in [1.54, 1.807) is 12.1 Å². The van der Waals surface area contributed by atoms with Crippen LogP contribution < -0.4 is 10.5 Å². The normalized spacial score (nSPS) is 12.7. The molecule has 0 saturated carbocycles. The van der Waals surface area contributed by atoms with Gasteiger partial charge in [0.05, 0.1) is 13.2 Å². The lowest BCUT2D eigenvalue weighted by Gasteiger charge is -2.09. The molecule has 0 spiro atoms. The fraction of sp³-hybridized carbons (Fsp3) is 0.455. The fourth-order valence-corrected chi connectivity index (χ4v) is 1.31. The summed E-state index contributed by atoms with van der Waals surface area (Å²) in [6.07, 6.45) is 0. The predicted molar refractivity (Wildman–Crippen MR) is 63.6 cm³/mol. The molecule has 2 aromatic heterocycles. The van der Waals surface area contributed by atoms with E-state index in [4.69, 9.17) is 15.0 Å². The molecule has 0 fully saturated rings. The molecule has 0 aliphatic rings. The minimum atomic E-state index is -0.280. The molecule has 0 aliphatic heterocycles. The Morgan fingerprint density at radius 3 is 2.61 bits per heavy atom. The third kappa shape index (κ3) is 2.45. The molecule has 96 valence electrons. The molecule has 18 heavy (non-hydrogen) atoms. The van der Waals surface area contributed by atoms with Crippen molar-refractivity contribution >= 4 is 0 Å². The molecule has 0 amide bonds. The second-order valence-electron chi connectivity index (χ2n) is 4.19. The lowest BCUT2D eigenvalue weighted by molar-refractivity contribution is 0.325. The predicted octanol–water partition coefficient (Wildman–Crippen LogP) is 1.19. The van der Waals surface area contributed by atoms with E-state index in [0.717, 1.165) is 0 Å². The molecular formula is C11H15N5O2. The van der Waals surface area contributed by atoms with E-state index < -0.39 is 0 Å². The molecule has 1 atom stereocenters. The van der Waals surface area contributed by atoms with E-state index >= 15 is 0 Å². The monoisotopic (exact) mass is 249 g/mol. The Bertz CT molecular complexity index is 508. The van der Waals surface area contributed by atoms with Crippen LogP contribution in [-0.4, -0.2) is 27.4 Å². The Labute approximate surface area is 104 Å². The molecule has 2 aromatic rings. The van der Waals surface area contributed by atoms with Crippen molar-refractivity contribution in [2.45, 2.75) is 19.9 Å². The van der Waals surface area contributed by atoms with Gasteiger partial charge in [-0.05, 0) is 12.0 Å². The Kier molecular flexibility index (Phi) is 3.52. The maximum Gasteiger partial charge on any atom is 0.244 e. The largest absolute Gasteiger partial charge is 0.480 e. The first-order valence-electron chi connectivity index (χ1n) is 5.59. The SMILES string of the molecule is COc1ccc(-c2noc([C@@H](N)C(C)C)n2)nn1. The number of nitrogens with two attached hydrogens (primary N) is 1. The summed E-state index contributed by atoms with van der Waals surface area (Å²) in [6.45, 7) is 3.98. The number of methoxy groups -OCH3 is 1.